The fraction of sp³-hybridized carbons (Fsp3) is 0.214. The first-order valence-electron chi connectivity index (χ1n) is 5.66. The summed E-state index contributed by atoms with van der Waals surface area (Å²) in [7, 11) is 0. The summed E-state index contributed by atoms with van der Waals surface area (Å²) in [6, 6.07) is 8.30. The molecular formula is C14H15NO2S. The second-order valence-electron chi connectivity index (χ2n) is 4.26. The molecule has 1 aromatic carbocycles. The molecule has 0 saturated carbocycles. The first kappa shape index (κ1) is 12.6. The minimum atomic E-state index is -0.765. The Morgan fingerprint density at radius 3 is 2.72 bits per heavy atom. The van der Waals surface area contributed by atoms with Gasteiger partial charge < -0.3 is 10.5 Å². The van der Waals surface area contributed by atoms with Crippen LogP contribution in [0.5, 0.6) is 5.06 Å². The normalized spacial score (nSPS) is 10.3. The van der Waals surface area contributed by atoms with Crippen LogP contribution in [0.15, 0.2) is 29.6 Å². The average molecular weight is 261 g/mol. The zero-order valence-electron chi connectivity index (χ0n) is 10.4. The Hall–Kier alpha value is -1.81. The lowest BCUT2D eigenvalue weighted by atomic mass is 10.0. The van der Waals surface area contributed by atoms with Gasteiger partial charge in [0, 0.05) is 12.0 Å². The van der Waals surface area contributed by atoms with E-state index in [0.717, 1.165) is 12.0 Å². The molecule has 3 nitrogen and oxygen atoms in total. The van der Waals surface area contributed by atoms with Crippen molar-refractivity contribution in [1.82, 2.24) is 0 Å². The first-order chi connectivity index (χ1) is 8.56. The van der Waals surface area contributed by atoms with Gasteiger partial charge in [0.2, 0.25) is 0 Å². The summed E-state index contributed by atoms with van der Waals surface area (Å²) in [4.78, 5) is 10.8. The van der Waals surface area contributed by atoms with Crippen molar-refractivity contribution in [2.75, 3.05) is 0 Å². The molecule has 2 N–H and O–H groups in total. The molecule has 94 valence electrons. The van der Waals surface area contributed by atoms with E-state index in [9.17, 15) is 4.79 Å². The summed E-state index contributed by atoms with van der Waals surface area (Å²) in [5, 5.41) is 2.49. The predicted molar refractivity (Wildman–Crippen MR) is 73.3 cm³/mol. The van der Waals surface area contributed by atoms with Crippen LogP contribution in [0.25, 0.3) is 0 Å². The van der Waals surface area contributed by atoms with Crippen LogP contribution in [0.1, 0.15) is 22.3 Å². The summed E-state index contributed by atoms with van der Waals surface area (Å²) in [6.45, 7) is 4.16. The summed E-state index contributed by atoms with van der Waals surface area (Å²) < 4.78 is 4.98. The number of thiophene rings is 1. The molecule has 0 fully saturated rings. The third kappa shape index (κ3) is 2.90. The van der Waals surface area contributed by atoms with Crippen molar-refractivity contribution in [3.63, 3.8) is 0 Å². The molecule has 2 aromatic rings. The number of ether oxygens (including phenoxy) is 1. The zero-order chi connectivity index (χ0) is 13.1. The van der Waals surface area contributed by atoms with Gasteiger partial charge >= 0.3 is 6.09 Å². The number of benzene rings is 1. The molecule has 2 rings (SSSR count). The quantitative estimate of drug-likeness (QED) is 0.920. The molecule has 1 heterocycles. The van der Waals surface area contributed by atoms with Gasteiger partial charge in [0.15, 0.2) is 5.06 Å². The molecule has 4 heteroatoms. The van der Waals surface area contributed by atoms with E-state index in [1.165, 1.54) is 28.0 Å². The van der Waals surface area contributed by atoms with E-state index >= 15 is 0 Å². The highest BCUT2D eigenvalue weighted by Gasteiger charge is 2.10. The van der Waals surface area contributed by atoms with E-state index in [2.05, 4.69) is 32.0 Å². The van der Waals surface area contributed by atoms with Crippen LogP contribution in [-0.4, -0.2) is 6.09 Å². The fourth-order valence-electron chi connectivity index (χ4n) is 1.88. The number of carbonyl (C=O) groups excluding carboxylic acids is 1. The standard InChI is InChI=1S/C14H15NO2S/c1-9-3-4-11(10(2)7-9)8-12-5-6-18-13(12)17-14(15)16/h3-7H,8H2,1-2H3,(H2,15,16). The highest BCUT2D eigenvalue weighted by atomic mass is 32.1. The fourth-order valence-corrected chi connectivity index (χ4v) is 2.66. The van der Waals surface area contributed by atoms with Crippen molar-refractivity contribution in [2.24, 2.45) is 5.73 Å². The van der Waals surface area contributed by atoms with E-state index in [1.54, 1.807) is 0 Å². The van der Waals surface area contributed by atoms with E-state index in [0.29, 0.717) is 5.06 Å². The molecule has 18 heavy (non-hydrogen) atoms. The van der Waals surface area contributed by atoms with Crippen molar-refractivity contribution in [3.8, 4) is 5.06 Å². The molecule has 0 aliphatic carbocycles. The number of primary amides is 1. The van der Waals surface area contributed by atoms with Gasteiger partial charge in [-0.25, -0.2) is 4.79 Å². The highest BCUT2D eigenvalue weighted by Crippen LogP contribution is 2.29. The smallest absolute Gasteiger partial charge is 0.399 e. The Balaban J connectivity index is 2.23. The number of nitrogens with two attached hydrogens (primary N) is 1. The number of carbonyl (C=O) groups is 1. The van der Waals surface area contributed by atoms with E-state index in [-0.39, 0.29) is 0 Å². The highest BCUT2D eigenvalue weighted by molar-refractivity contribution is 7.12. The lowest BCUT2D eigenvalue weighted by Crippen LogP contribution is -2.16. The Bertz CT molecular complexity index is 575. The van der Waals surface area contributed by atoms with Crippen LogP contribution >= 0.6 is 11.3 Å². The second-order valence-corrected chi connectivity index (χ2v) is 5.14. The van der Waals surface area contributed by atoms with Crippen LogP contribution in [0.2, 0.25) is 0 Å². The Labute approximate surface area is 110 Å². The zero-order valence-corrected chi connectivity index (χ0v) is 11.2. The summed E-state index contributed by atoms with van der Waals surface area (Å²) in [6.07, 6.45) is -0.0163. The Kier molecular flexibility index (Phi) is 3.67. The number of rotatable bonds is 3. The molecule has 0 unspecified atom stereocenters. The minimum Gasteiger partial charge on any atom is -0.399 e. The maximum atomic E-state index is 10.8. The van der Waals surface area contributed by atoms with E-state index in [1.807, 2.05) is 11.4 Å². The molecule has 0 saturated heterocycles. The van der Waals surface area contributed by atoms with Crippen molar-refractivity contribution >= 4 is 17.4 Å². The summed E-state index contributed by atoms with van der Waals surface area (Å²) in [5.74, 6) is 0. The van der Waals surface area contributed by atoms with E-state index < -0.39 is 6.09 Å². The van der Waals surface area contributed by atoms with Gasteiger partial charge in [0.1, 0.15) is 0 Å². The van der Waals surface area contributed by atoms with Crippen LogP contribution < -0.4 is 10.5 Å². The second kappa shape index (κ2) is 5.23. The van der Waals surface area contributed by atoms with Crippen molar-refractivity contribution in [2.45, 2.75) is 20.3 Å². The van der Waals surface area contributed by atoms with E-state index in [4.69, 9.17) is 10.5 Å². The van der Waals surface area contributed by atoms with Gasteiger partial charge in [-0.2, -0.15) is 0 Å². The van der Waals surface area contributed by atoms with Gasteiger partial charge in [-0.05, 0) is 36.4 Å². The van der Waals surface area contributed by atoms with Crippen LogP contribution in [0.4, 0.5) is 4.79 Å². The average Bonchev–Trinajstić information content (AvgIpc) is 2.69. The molecule has 0 aliphatic rings. The van der Waals surface area contributed by atoms with Crippen LogP contribution in [0.3, 0.4) is 0 Å². The maximum Gasteiger partial charge on any atom is 0.410 e. The van der Waals surface area contributed by atoms with Gasteiger partial charge in [0.05, 0.1) is 0 Å². The predicted octanol–water partition coefficient (Wildman–Crippen LogP) is 3.41. The lowest BCUT2D eigenvalue weighted by Gasteiger charge is -2.07. The largest absolute Gasteiger partial charge is 0.410 e. The maximum absolute atomic E-state index is 10.8. The van der Waals surface area contributed by atoms with Gasteiger partial charge in [-0.1, -0.05) is 23.8 Å². The molecular weight excluding hydrogens is 246 g/mol. The molecule has 0 aliphatic heterocycles. The first-order valence-corrected chi connectivity index (χ1v) is 6.54. The number of hydrogen-bond acceptors (Lipinski definition) is 3. The summed E-state index contributed by atoms with van der Waals surface area (Å²) >= 11 is 1.38. The number of hydrogen-bond donors (Lipinski definition) is 1. The third-order valence-electron chi connectivity index (χ3n) is 2.78. The molecule has 1 aromatic heterocycles. The monoisotopic (exact) mass is 261 g/mol. The van der Waals surface area contributed by atoms with Gasteiger partial charge in [-0.3, -0.25) is 0 Å². The van der Waals surface area contributed by atoms with Crippen molar-refractivity contribution in [3.05, 3.63) is 51.9 Å². The molecule has 0 bridgehead atoms. The Morgan fingerprint density at radius 2 is 2.06 bits per heavy atom. The van der Waals surface area contributed by atoms with Crippen LogP contribution in [0, 0.1) is 13.8 Å². The van der Waals surface area contributed by atoms with Crippen molar-refractivity contribution < 1.29 is 9.53 Å². The molecule has 0 atom stereocenters. The lowest BCUT2D eigenvalue weighted by molar-refractivity contribution is 0.212. The Morgan fingerprint density at radius 1 is 1.28 bits per heavy atom. The van der Waals surface area contributed by atoms with Gasteiger partial charge in [-0.15, -0.1) is 11.3 Å². The third-order valence-corrected chi connectivity index (χ3v) is 3.61. The molecule has 0 radical (unpaired) electrons. The minimum absolute atomic E-state index is 0.586. The topological polar surface area (TPSA) is 52.3 Å². The van der Waals surface area contributed by atoms with Crippen LogP contribution in [-0.2, 0) is 6.42 Å². The number of amides is 1. The van der Waals surface area contributed by atoms with Crippen molar-refractivity contribution in [1.29, 1.82) is 0 Å². The molecule has 0 spiro atoms. The SMILES string of the molecule is Cc1ccc(Cc2ccsc2OC(N)=O)c(C)c1. The van der Waals surface area contributed by atoms with Gasteiger partial charge in [0.25, 0.3) is 0 Å². The summed E-state index contributed by atoms with van der Waals surface area (Å²) in [5.41, 5.74) is 9.75. The molecule has 1 amide bonds. The number of aryl methyl sites for hydroxylation is 2.